The van der Waals surface area contributed by atoms with Crippen LogP contribution in [0.1, 0.15) is 36.0 Å². The highest BCUT2D eigenvalue weighted by atomic mass is 16.5. The molecule has 0 aromatic heterocycles. The van der Waals surface area contributed by atoms with Gasteiger partial charge in [0.25, 0.3) is 11.8 Å². The zero-order valence-corrected chi connectivity index (χ0v) is 15.9. The van der Waals surface area contributed by atoms with E-state index in [1.54, 1.807) is 43.3 Å². The van der Waals surface area contributed by atoms with Crippen LogP contribution in [0.25, 0.3) is 0 Å². The molecule has 0 atom stereocenters. The number of likely N-dealkylation sites (tertiary alicyclic amines) is 1. The van der Waals surface area contributed by atoms with Crippen molar-refractivity contribution in [3.8, 4) is 5.75 Å². The molecule has 1 saturated carbocycles. The lowest BCUT2D eigenvalue weighted by Gasteiger charge is -2.32. The van der Waals surface area contributed by atoms with Crippen LogP contribution in [0.15, 0.2) is 24.3 Å². The van der Waals surface area contributed by atoms with Crippen molar-refractivity contribution in [3.05, 3.63) is 29.8 Å². The second-order valence-corrected chi connectivity index (χ2v) is 7.42. The number of carbonyl (C=O) groups excluding carboxylic acids is 3. The molecular formula is C20H27N3O4. The molecule has 1 aliphatic heterocycles. The van der Waals surface area contributed by atoms with Crippen molar-refractivity contribution in [2.24, 2.45) is 5.92 Å². The molecule has 0 bridgehead atoms. The van der Waals surface area contributed by atoms with Crippen LogP contribution in [0.2, 0.25) is 0 Å². The van der Waals surface area contributed by atoms with Crippen LogP contribution in [0.4, 0.5) is 0 Å². The minimum atomic E-state index is -0.163. The van der Waals surface area contributed by atoms with E-state index in [9.17, 15) is 14.4 Å². The Morgan fingerprint density at radius 3 is 2.41 bits per heavy atom. The fourth-order valence-electron chi connectivity index (χ4n) is 3.10. The number of amides is 3. The molecule has 0 unspecified atom stereocenters. The van der Waals surface area contributed by atoms with E-state index in [1.165, 1.54) is 4.90 Å². The SMILES string of the molecule is CN(C)C(=O)COc1ccccc1C(=O)N1CCC(NC(=O)C2CC2)CC1. The number of nitrogens with one attached hydrogen (secondary N) is 1. The molecule has 0 spiro atoms. The first kappa shape index (κ1) is 19.2. The number of rotatable bonds is 6. The molecule has 3 amide bonds. The molecule has 27 heavy (non-hydrogen) atoms. The van der Waals surface area contributed by atoms with Gasteiger partial charge in [0.1, 0.15) is 5.75 Å². The first-order valence-corrected chi connectivity index (χ1v) is 9.47. The number of hydrogen-bond acceptors (Lipinski definition) is 4. The van der Waals surface area contributed by atoms with E-state index in [2.05, 4.69) is 5.32 Å². The standard InChI is InChI=1S/C20H27N3O4/c1-22(2)18(24)13-27-17-6-4-3-5-16(17)20(26)23-11-9-15(10-12-23)21-19(25)14-7-8-14/h3-6,14-15H,7-13H2,1-2H3,(H,21,25). The summed E-state index contributed by atoms with van der Waals surface area (Å²) in [6.45, 7) is 1.09. The Bertz CT molecular complexity index is 707. The Labute approximate surface area is 159 Å². The van der Waals surface area contributed by atoms with Crippen molar-refractivity contribution in [2.45, 2.75) is 31.7 Å². The van der Waals surface area contributed by atoms with Crippen molar-refractivity contribution in [3.63, 3.8) is 0 Å². The van der Waals surface area contributed by atoms with E-state index >= 15 is 0 Å². The lowest BCUT2D eigenvalue weighted by Crippen LogP contribution is -2.47. The van der Waals surface area contributed by atoms with Gasteiger partial charge in [-0.15, -0.1) is 0 Å². The van der Waals surface area contributed by atoms with E-state index < -0.39 is 0 Å². The average Bonchev–Trinajstić information content (AvgIpc) is 3.51. The van der Waals surface area contributed by atoms with Crippen molar-refractivity contribution in [1.82, 2.24) is 15.1 Å². The van der Waals surface area contributed by atoms with Gasteiger partial charge in [-0.3, -0.25) is 14.4 Å². The summed E-state index contributed by atoms with van der Waals surface area (Å²) in [6, 6.07) is 7.14. The molecule has 2 fully saturated rings. The van der Waals surface area contributed by atoms with Crippen LogP contribution in [0.3, 0.4) is 0 Å². The molecule has 3 rings (SSSR count). The first-order chi connectivity index (χ1) is 13.0. The maximum absolute atomic E-state index is 12.9. The van der Waals surface area contributed by atoms with Crippen LogP contribution in [-0.2, 0) is 9.59 Å². The minimum absolute atomic E-state index is 0.102. The predicted octanol–water partition coefficient (Wildman–Crippen LogP) is 1.28. The lowest BCUT2D eigenvalue weighted by atomic mass is 10.0. The molecule has 7 nitrogen and oxygen atoms in total. The maximum Gasteiger partial charge on any atom is 0.259 e. The molecule has 1 N–H and O–H groups in total. The Hall–Kier alpha value is -2.57. The zero-order valence-electron chi connectivity index (χ0n) is 15.9. The third-order valence-electron chi connectivity index (χ3n) is 5.04. The van der Waals surface area contributed by atoms with Gasteiger partial charge in [0.05, 0.1) is 5.56 Å². The molecule has 1 heterocycles. The van der Waals surface area contributed by atoms with Gasteiger partial charge in [0, 0.05) is 39.1 Å². The summed E-state index contributed by atoms with van der Waals surface area (Å²) in [7, 11) is 3.32. The zero-order chi connectivity index (χ0) is 19.4. The van der Waals surface area contributed by atoms with Crippen LogP contribution in [0.5, 0.6) is 5.75 Å². The summed E-state index contributed by atoms with van der Waals surface area (Å²) >= 11 is 0. The highest BCUT2D eigenvalue weighted by molar-refractivity contribution is 5.97. The van der Waals surface area contributed by atoms with Crippen molar-refractivity contribution < 1.29 is 19.1 Å². The van der Waals surface area contributed by atoms with E-state index in [0.717, 1.165) is 25.7 Å². The Kier molecular flexibility index (Phi) is 5.98. The number of para-hydroxylation sites is 1. The van der Waals surface area contributed by atoms with Gasteiger partial charge < -0.3 is 19.9 Å². The predicted molar refractivity (Wildman–Crippen MR) is 100 cm³/mol. The van der Waals surface area contributed by atoms with E-state index in [-0.39, 0.29) is 36.3 Å². The van der Waals surface area contributed by atoms with Gasteiger partial charge in [0.2, 0.25) is 5.91 Å². The van der Waals surface area contributed by atoms with Gasteiger partial charge in [-0.2, -0.15) is 0 Å². The first-order valence-electron chi connectivity index (χ1n) is 9.47. The molecule has 2 aliphatic rings. The number of piperidine rings is 1. The minimum Gasteiger partial charge on any atom is -0.483 e. The Morgan fingerprint density at radius 2 is 1.78 bits per heavy atom. The number of benzene rings is 1. The van der Waals surface area contributed by atoms with E-state index in [1.807, 2.05) is 0 Å². The van der Waals surface area contributed by atoms with Crippen LogP contribution >= 0.6 is 0 Å². The Morgan fingerprint density at radius 1 is 1.11 bits per heavy atom. The lowest BCUT2D eigenvalue weighted by molar-refractivity contribution is -0.130. The molecule has 0 radical (unpaired) electrons. The van der Waals surface area contributed by atoms with Crippen molar-refractivity contribution >= 4 is 17.7 Å². The maximum atomic E-state index is 12.9. The molecule has 1 aromatic carbocycles. The molecule has 1 aliphatic carbocycles. The van der Waals surface area contributed by atoms with Crippen molar-refractivity contribution in [2.75, 3.05) is 33.8 Å². The molecule has 7 heteroatoms. The second-order valence-electron chi connectivity index (χ2n) is 7.42. The highest BCUT2D eigenvalue weighted by Gasteiger charge is 2.32. The summed E-state index contributed by atoms with van der Waals surface area (Å²) in [4.78, 5) is 39.8. The Balaban J connectivity index is 1.56. The third-order valence-corrected chi connectivity index (χ3v) is 5.04. The summed E-state index contributed by atoms with van der Waals surface area (Å²) in [5, 5.41) is 3.09. The number of hydrogen-bond donors (Lipinski definition) is 1. The quantitative estimate of drug-likeness (QED) is 0.815. The van der Waals surface area contributed by atoms with Gasteiger partial charge in [-0.25, -0.2) is 0 Å². The van der Waals surface area contributed by atoms with Gasteiger partial charge in [-0.1, -0.05) is 12.1 Å². The van der Waals surface area contributed by atoms with Crippen LogP contribution < -0.4 is 10.1 Å². The number of ether oxygens (including phenoxy) is 1. The van der Waals surface area contributed by atoms with E-state index in [0.29, 0.717) is 24.4 Å². The molecule has 1 saturated heterocycles. The summed E-state index contributed by atoms with van der Waals surface area (Å²) in [5.74, 6) is 0.517. The normalized spacial score (nSPS) is 17.3. The number of likely N-dealkylation sites (N-methyl/N-ethyl adjacent to an activating group) is 1. The smallest absolute Gasteiger partial charge is 0.259 e. The average molecular weight is 373 g/mol. The summed E-state index contributed by atoms with van der Waals surface area (Å²) < 4.78 is 5.58. The van der Waals surface area contributed by atoms with Gasteiger partial charge in [-0.05, 0) is 37.8 Å². The number of carbonyl (C=O) groups is 3. The fourth-order valence-corrected chi connectivity index (χ4v) is 3.10. The molecular weight excluding hydrogens is 346 g/mol. The molecule has 1 aromatic rings. The summed E-state index contributed by atoms with van der Waals surface area (Å²) in [6.07, 6.45) is 3.51. The monoisotopic (exact) mass is 373 g/mol. The molecule has 146 valence electrons. The second kappa shape index (κ2) is 8.41. The highest BCUT2D eigenvalue weighted by Crippen LogP contribution is 2.29. The fraction of sp³-hybridized carbons (Fsp3) is 0.550. The van der Waals surface area contributed by atoms with Crippen molar-refractivity contribution in [1.29, 1.82) is 0 Å². The third kappa shape index (κ3) is 4.99. The summed E-state index contributed by atoms with van der Waals surface area (Å²) in [5.41, 5.74) is 0.463. The van der Waals surface area contributed by atoms with Gasteiger partial charge in [0.15, 0.2) is 6.61 Å². The topological polar surface area (TPSA) is 79.0 Å². The van der Waals surface area contributed by atoms with E-state index in [4.69, 9.17) is 4.74 Å². The van der Waals surface area contributed by atoms with Crippen LogP contribution in [-0.4, -0.2) is 67.4 Å². The number of nitrogens with zero attached hydrogens (tertiary/aromatic N) is 2. The largest absolute Gasteiger partial charge is 0.483 e. The van der Waals surface area contributed by atoms with Gasteiger partial charge >= 0.3 is 0 Å². The van der Waals surface area contributed by atoms with Crippen LogP contribution in [0, 0.1) is 5.92 Å².